The third-order valence-corrected chi connectivity index (χ3v) is 3.65. The van der Waals surface area contributed by atoms with Crippen molar-refractivity contribution in [3.63, 3.8) is 0 Å². The van der Waals surface area contributed by atoms with Crippen LogP contribution in [0.25, 0.3) is 0 Å². The standard InChI is InChI=1S/C13H26N2O2/c1-3-15(13(16)8-9-17-4-2)12-7-5-6-11(12)10-14/h11-12H,3-10,14H2,1-2H3. The predicted molar refractivity (Wildman–Crippen MR) is 68.7 cm³/mol. The van der Waals surface area contributed by atoms with Crippen LogP contribution in [-0.2, 0) is 9.53 Å². The van der Waals surface area contributed by atoms with Gasteiger partial charge >= 0.3 is 0 Å². The Morgan fingerprint density at radius 1 is 1.41 bits per heavy atom. The van der Waals surface area contributed by atoms with E-state index in [2.05, 4.69) is 0 Å². The number of carbonyl (C=O) groups excluding carboxylic acids is 1. The summed E-state index contributed by atoms with van der Waals surface area (Å²) in [7, 11) is 0. The Kier molecular flexibility index (Phi) is 6.52. The summed E-state index contributed by atoms with van der Waals surface area (Å²) < 4.78 is 5.24. The Morgan fingerprint density at radius 2 is 2.18 bits per heavy atom. The van der Waals surface area contributed by atoms with E-state index in [9.17, 15) is 4.79 Å². The molecule has 0 aromatic carbocycles. The topological polar surface area (TPSA) is 55.6 Å². The monoisotopic (exact) mass is 242 g/mol. The minimum atomic E-state index is 0.214. The van der Waals surface area contributed by atoms with Crippen molar-refractivity contribution in [2.24, 2.45) is 11.7 Å². The first-order chi connectivity index (χ1) is 8.24. The molecule has 0 radical (unpaired) electrons. The summed E-state index contributed by atoms with van der Waals surface area (Å²) in [4.78, 5) is 14.1. The molecule has 0 bridgehead atoms. The van der Waals surface area contributed by atoms with Crippen molar-refractivity contribution >= 4 is 5.91 Å². The molecule has 1 fully saturated rings. The van der Waals surface area contributed by atoms with E-state index < -0.39 is 0 Å². The van der Waals surface area contributed by atoms with Crippen LogP contribution in [0.5, 0.6) is 0 Å². The molecule has 1 aliphatic carbocycles. The van der Waals surface area contributed by atoms with Crippen molar-refractivity contribution in [2.45, 2.75) is 45.6 Å². The lowest BCUT2D eigenvalue weighted by atomic mass is 10.0. The lowest BCUT2D eigenvalue weighted by molar-refractivity contribution is -0.135. The summed E-state index contributed by atoms with van der Waals surface area (Å²) in [5.74, 6) is 0.706. The Labute approximate surface area is 104 Å². The summed E-state index contributed by atoms with van der Waals surface area (Å²) in [5.41, 5.74) is 5.78. The predicted octanol–water partition coefficient (Wildman–Crippen LogP) is 1.39. The Bertz CT molecular complexity index is 233. The molecule has 0 aromatic heterocycles. The molecule has 0 spiro atoms. The molecule has 17 heavy (non-hydrogen) atoms. The molecule has 1 aliphatic rings. The van der Waals surface area contributed by atoms with Gasteiger partial charge in [-0.2, -0.15) is 0 Å². The number of rotatable bonds is 7. The van der Waals surface area contributed by atoms with Crippen molar-refractivity contribution in [2.75, 3.05) is 26.3 Å². The Balaban J connectivity index is 2.48. The van der Waals surface area contributed by atoms with Crippen LogP contribution in [0.2, 0.25) is 0 Å². The van der Waals surface area contributed by atoms with Crippen molar-refractivity contribution in [1.29, 1.82) is 0 Å². The maximum Gasteiger partial charge on any atom is 0.225 e. The van der Waals surface area contributed by atoms with Crippen LogP contribution >= 0.6 is 0 Å². The zero-order valence-corrected chi connectivity index (χ0v) is 11.2. The van der Waals surface area contributed by atoms with Crippen LogP contribution < -0.4 is 5.73 Å². The van der Waals surface area contributed by atoms with Gasteiger partial charge < -0.3 is 15.4 Å². The molecule has 100 valence electrons. The molecular weight excluding hydrogens is 216 g/mol. The average Bonchev–Trinajstić information content (AvgIpc) is 2.78. The molecule has 0 heterocycles. The van der Waals surface area contributed by atoms with Gasteiger partial charge in [-0.25, -0.2) is 0 Å². The van der Waals surface area contributed by atoms with E-state index in [0.29, 0.717) is 38.1 Å². The first-order valence-electron chi connectivity index (χ1n) is 6.81. The zero-order chi connectivity index (χ0) is 12.7. The lowest BCUT2D eigenvalue weighted by Crippen LogP contribution is -2.44. The maximum atomic E-state index is 12.1. The third kappa shape index (κ3) is 3.96. The highest BCUT2D eigenvalue weighted by molar-refractivity contribution is 5.76. The molecule has 4 nitrogen and oxygen atoms in total. The number of nitrogens with zero attached hydrogens (tertiary/aromatic N) is 1. The van der Waals surface area contributed by atoms with Gasteiger partial charge in [-0.1, -0.05) is 6.42 Å². The van der Waals surface area contributed by atoms with Crippen LogP contribution in [0.3, 0.4) is 0 Å². The number of nitrogens with two attached hydrogens (primary N) is 1. The Morgan fingerprint density at radius 3 is 2.76 bits per heavy atom. The molecule has 1 rings (SSSR count). The number of hydrogen-bond donors (Lipinski definition) is 1. The van der Waals surface area contributed by atoms with Gasteiger partial charge in [0.1, 0.15) is 0 Å². The molecular formula is C13H26N2O2. The lowest BCUT2D eigenvalue weighted by Gasteiger charge is -2.32. The van der Waals surface area contributed by atoms with E-state index in [1.54, 1.807) is 0 Å². The van der Waals surface area contributed by atoms with Crippen LogP contribution in [0.4, 0.5) is 0 Å². The van der Waals surface area contributed by atoms with Gasteiger partial charge in [-0.15, -0.1) is 0 Å². The molecule has 2 unspecified atom stereocenters. The van der Waals surface area contributed by atoms with Crippen molar-refractivity contribution in [3.05, 3.63) is 0 Å². The van der Waals surface area contributed by atoms with Crippen LogP contribution in [0, 0.1) is 5.92 Å². The summed E-state index contributed by atoms with van der Waals surface area (Å²) in [6.45, 7) is 6.68. The smallest absolute Gasteiger partial charge is 0.225 e. The van der Waals surface area contributed by atoms with E-state index in [4.69, 9.17) is 10.5 Å². The second kappa shape index (κ2) is 7.67. The van der Waals surface area contributed by atoms with Crippen LogP contribution in [-0.4, -0.2) is 43.2 Å². The second-order valence-electron chi connectivity index (χ2n) is 4.62. The van der Waals surface area contributed by atoms with Crippen LogP contribution in [0.1, 0.15) is 39.5 Å². The molecule has 1 amide bonds. The second-order valence-corrected chi connectivity index (χ2v) is 4.62. The van der Waals surface area contributed by atoms with Gasteiger partial charge in [0.05, 0.1) is 13.0 Å². The summed E-state index contributed by atoms with van der Waals surface area (Å²) in [5, 5.41) is 0. The first-order valence-corrected chi connectivity index (χ1v) is 6.81. The Hall–Kier alpha value is -0.610. The largest absolute Gasteiger partial charge is 0.381 e. The molecule has 2 N–H and O–H groups in total. The highest BCUT2D eigenvalue weighted by Crippen LogP contribution is 2.29. The zero-order valence-electron chi connectivity index (χ0n) is 11.2. The van der Waals surface area contributed by atoms with Crippen molar-refractivity contribution < 1.29 is 9.53 Å². The molecule has 0 aromatic rings. The van der Waals surface area contributed by atoms with Gasteiger partial charge in [0.25, 0.3) is 0 Å². The number of hydrogen-bond acceptors (Lipinski definition) is 3. The van der Waals surface area contributed by atoms with Gasteiger partial charge in [-0.3, -0.25) is 4.79 Å². The molecule has 2 atom stereocenters. The summed E-state index contributed by atoms with van der Waals surface area (Å²) in [6, 6.07) is 0.360. The fourth-order valence-corrected chi connectivity index (χ4v) is 2.75. The molecule has 1 saturated carbocycles. The van der Waals surface area contributed by atoms with Gasteiger partial charge in [0.2, 0.25) is 5.91 Å². The normalized spacial score (nSPS) is 23.9. The number of carbonyl (C=O) groups is 1. The summed E-state index contributed by atoms with van der Waals surface area (Å²) >= 11 is 0. The molecule has 4 heteroatoms. The van der Waals surface area contributed by atoms with E-state index in [0.717, 1.165) is 19.4 Å². The van der Waals surface area contributed by atoms with Gasteiger partial charge in [0, 0.05) is 19.2 Å². The third-order valence-electron chi connectivity index (χ3n) is 3.65. The fraction of sp³-hybridized carbons (Fsp3) is 0.923. The minimum absolute atomic E-state index is 0.214. The maximum absolute atomic E-state index is 12.1. The SMILES string of the molecule is CCOCCC(=O)N(CC)C1CCCC1CN. The highest BCUT2D eigenvalue weighted by Gasteiger charge is 2.32. The first kappa shape index (κ1) is 14.5. The van der Waals surface area contributed by atoms with Crippen molar-refractivity contribution in [1.82, 2.24) is 4.90 Å². The fourth-order valence-electron chi connectivity index (χ4n) is 2.75. The van der Waals surface area contributed by atoms with E-state index in [1.807, 2.05) is 18.7 Å². The van der Waals surface area contributed by atoms with Crippen molar-refractivity contribution in [3.8, 4) is 0 Å². The number of amides is 1. The van der Waals surface area contributed by atoms with Gasteiger partial charge in [-0.05, 0) is 39.2 Å². The highest BCUT2D eigenvalue weighted by atomic mass is 16.5. The van der Waals surface area contributed by atoms with E-state index >= 15 is 0 Å². The number of ether oxygens (including phenoxy) is 1. The summed E-state index contributed by atoms with van der Waals surface area (Å²) in [6.07, 6.45) is 3.96. The van der Waals surface area contributed by atoms with E-state index in [1.165, 1.54) is 6.42 Å². The molecule has 0 saturated heterocycles. The van der Waals surface area contributed by atoms with Crippen LogP contribution in [0.15, 0.2) is 0 Å². The molecule has 0 aliphatic heterocycles. The average molecular weight is 242 g/mol. The quantitative estimate of drug-likeness (QED) is 0.686. The van der Waals surface area contributed by atoms with E-state index in [-0.39, 0.29) is 5.91 Å². The minimum Gasteiger partial charge on any atom is -0.381 e. The van der Waals surface area contributed by atoms with Gasteiger partial charge in [0.15, 0.2) is 0 Å².